The second kappa shape index (κ2) is 7.28. The van der Waals surface area contributed by atoms with Gasteiger partial charge in [0.2, 0.25) is 0 Å². The molecule has 2 spiro atoms. The van der Waals surface area contributed by atoms with E-state index >= 15 is 0 Å². The van der Waals surface area contributed by atoms with Crippen LogP contribution in [0.2, 0.25) is 0 Å². The van der Waals surface area contributed by atoms with E-state index < -0.39 is 17.5 Å². The first kappa shape index (κ1) is 17.6. The monoisotopic (exact) mass is 419 g/mol. The zero-order chi connectivity index (χ0) is 23.4. The van der Waals surface area contributed by atoms with Gasteiger partial charge in [0.25, 0.3) is 6.02 Å². The third kappa shape index (κ3) is 2.99. The highest BCUT2D eigenvalue weighted by molar-refractivity contribution is 5.76. The quantitative estimate of drug-likeness (QED) is 0.815. The van der Waals surface area contributed by atoms with Gasteiger partial charge >= 0.3 is 0 Å². The van der Waals surface area contributed by atoms with Crippen LogP contribution < -0.4 is 10.5 Å². The molecule has 1 aliphatic heterocycles. The fourth-order valence-corrected chi connectivity index (χ4v) is 5.57. The molecule has 3 aliphatic rings. The minimum absolute atomic E-state index is 0.111. The summed E-state index contributed by atoms with van der Waals surface area (Å²) in [5, 5.41) is 9.44. The van der Waals surface area contributed by atoms with Crippen LogP contribution in [0, 0.1) is 16.7 Å². The van der Waals surface area contributed by atoms with Crippen LogP contribution in [0.25, 0.3) is 11.1 Å². The molecule has 0 aromatic heterocycles. The van der Waals surface area contributed by atoms with Crippen molar-refractivity contribution in [2.75, 3.05) is 20.8 Å². The number of hydrogen-bond acceptors (Lipinski definition) is 6. The number of hydrogen-bond donors (Lipinski definition) is 1. The number of methoxy groups -OCH3 is 2. The van der Waals surface area contributed by atoms with Crippen molar-refractivity contribution < 1.29 is 17.0 Å². The van der Waals surface area contributed by atoms with Crippen molar-refractivity contribution in [3.05, 3.63) is 53.1 Å². The summed E-state index contributed by atoms with van der Waals surface area (Å²) in [6.07, 6.45) is 4.10. The summed E-state index contributed by atoms with van der Waals surface area (Å²) in [5.74, 6) is 0.593. The average molecular weight is 420 g/mol. The van der Waals surface area contributed by atoms with Crippen molar-refractivity contribution in [3.63, 3.8) is 0 Å². The average Bonchev–Trinajstić information content (AvgIpc) is 3.23. The Balaban J connectivity index is 1.68. The van der Waals surface area contributed by atoms with Crippen molar-refractivity contribution in [2.24, 2.45) is 16.1 Å². The van der Waals surface area contributed by atoms with Crippen LogP contribution in [0.1, 0.15) is 45.1 Å². The first-order valence-electron chi connectivity index (χ1n) is 11.6. The lowest BCUT2D eigenvalue weighted by Crippen LogP contribution is -2.46. The number of nitriles is 1. The largest absolute Gasteiger partial charge is 0.497 e. The summed E-state index contributed by atoms with van der Waals surface area (Å²) in [7, 11) is 3.30. The van der Waals surface area contributed by atoms with E-state index in [9.17, 15) is 5.26 Å². The lowest BCUT2D eigenvalue weighted by Gasteiger charge is -2.45. The molecule has 6 nitrogen and oxygen atoms in total. The summed E-state index contributed by atoms with van der Waals surface area (Å²) < 4.78 is 34.3. The maximum absolute atomic E-state index is 9.44. The summed E-state index contributed by atoms with van der Waals surface area (Å²) in [6.45, 7) is -2.08. The van der Waals surface area contributed by atoms with Gasteiger partial charge in [0.15, 0.2) is 0 Å². The third-order valence-electron chi connectivity index (χ3n) is 7.20. The minimum atomic E-state index is -2.08. The number of nitrogens with two attached hydrogens (primary N) is 1. The van der Waals surface area contributed by atoms with Crippen molar-refractivity contribution in [1.82, 2.24) is 0 Å². The summed E-state index contributed by atoms with van der Waals surface area (Å²) in [5.41, 5.74) is 8.38. The predicted octanol–water partition coefficient (Wildman–Crippen LogP) is 3.91. The number of rotatable bonds is 3. The van der Waals surface area contributed by atoms with Crippen molar-refractivity contribution >= 4 is 6.02 Å². The SMILES string of the molecule is [2H]C1([2H])OC(N)=NC12c1cc(-c3cc(C#N)cc(OC)c3)ccc1CC21CCC(OC)CC1. The Kier molecular flexibility index (Phi) is 4.14. The molecule has 1 heterocycles. The second-order valence-corrected chi connectivity index (χ2v) is 8.69. The topological polar surface area (TPSA) is 89.9 Å². The molecule has 160 valence electrons. The minimum Gasteiger partial charge on any atom is -0.497 e. The van der Waals surface area contributed by atoms with Gasteiger partial charge < -0.3 is 19.9 Å². The van der Waals surface area contributed by atoms with E-state index in [1.165, 1.54) is 0 Å². The molecule has 31 heavy (non-hydrogen) atoms. The van der Waals surface area contributed by atoms with E-state index in [2.05, 4.69) is 12.1 Å². The van der Waals surface area contributed by atoms with Crippen LogP contribution in [0.4, 0.5) is 0 Å². The molecule has 1 saturated carbocycles. The molecule has 2 aliphatic carbocycles. The number of benzene rings is 2. The molecule has 5 rings (SSSR count). The highest BCUT2D eigenvalue weighted by Crippen LogP contribution is 2.61. The Hall–Kier alpha value is -3.04. The molecule has 1 unspecified atom stereocenters. The van der Waals surface area contributed by atoms with Gasteiger partial charge in [-0.1, -0.05) is 12.1 Å². The Labute approximate surface area is 185 Å². The van der Waals surface area contributed by atoms with E-state index in [0.717, 1.165) is 47.9 Å². The Morgan fingerprint density at radius 2 is 2.00 bits per heavy atom. The molecule has 0 amide bonds. The number of aliphatic imine (C=N–C) groups is 1. The van der Waals surface area contributed by atoms with Gasteiger partial charge in [-0.25, -0.2) is 4.99 Å². The molecule has 1 fully saturated rings. The van der Waals surface area contributed by atoms with E-state index in [-0.39, 0.29) is 12.1 Å². The normalized spacial score (nSPS) is 31.4. The molecule has 2 aromatic rings. The summed E-state index contributed by atoms with van der Waals surface area (Å²) >= 11 is 0. The number of ether oxygens (including phenoxy) is 3. The van der Waals surface area contributed by atoms with Crippen molar-refractivity contribution in [1.29, 1.82) is 5.26 Å². The van der Waals surface area contributed by atoms with Gasteiger partial charge in [0.05, 0.1) is 27.6 Å². The zero-order valence-electron chi connectivity index (χ0n) is 19.8. The van der Waals surface area contributed by atoms with Crippen LogP contribution in [-0.2, 0) is 21.4 Å². The van der Waals surface area contributed by atoms with Crippen LogP contribution in [0.5, 0.6) is 5.75 Å². The lowest BCUT2D eigenvalue weighted by atomic mass is 9.62. The van der Waals surface area contributed by atoms with Crippen molar-refractivity contribution in [3.8, 4) is 22.9 Å². The molecule has 2 aromatic carbocycles. The van der Waals surface area contributed by atoms with E-state index in [1.807, 2.05) is 24.3 Å². The Bertz CT molecular complexity index is 1180. The second-order valence-electron chi connectivity index (χ2n) is 8.69. The fourth-order valence-electron chi connectivity index (χ4n) is 5.57. The molecule has 0 radical (unpaired) electrons. The molecule has 6 heteroatoms. The molecule has 2 N–H and O–H groups in total. The Morgan fingerprint density at radius 3 is 2.65 bits per heavy atom. The first-order chi connectivity index (χ1) is 15.8. The molecule has 1 atom stereocenters. The predicted molar refractivity (Wildman–Crippen MR) is 118 cm³/mol. The highest BCUT2D eigenvalue weighted by atomic mass is 16.5. The smallest absolute Gasteiger partial charge is 0.283 e. The van der Waals surface area contributed by atoms with E-state index in [4.69, 9.17) is 27.7 Å². The molecular weight excluding hydrogens is 390 g/mol. The lowest BCUT2D eigenvalue weighted by molar-refractivity contribution is -0.00983. The maximum atomic E-state index is 9.44. The number of nitrogens with zero attached hydrogens (tertiary/aromatic N) is 2. The zero-order valence-corrected chi connectivity index (χ0v) is 17.8. The van der Waals surface area contributed by atoms with Crippen LogP contribution >= 0.6 is 0 Å². The maximum Gasteiger partial charge on any atom is 0.283 e. The molecular formula is C25H27N3O3. The van der Waals surface area contributed by atoms with Gasteiger partial charge in [-0.15, -0.1) is 0 Å². The van der Waals surface area contributed by atoms with Gasteiger partial charge in [-0.3, -0.25) is 0 Å². The fraction of sp³-hybridized carbons (Fsp3) is 0.440. The van der Waals surface area contributed by atoms with Crippen LogP contribution in [0.15, 0.2) is 41.4 Å². The van der Waals surface area contributed by atoms with Gasteiger partial charge in [-0.2, -0.15) is 5.26 Å². The summed E-state index contributed by atoms with van der Waals surface area (Å²) in [6, 6.07) is 13.5. The molecule has 0 saturated heterocycles. The van der Waals surface area contributed by atoms with E-state index in [0.29, 0.717) is 17.7 Å². The standard InChI is InChI=1S/C25H27N3O3/c1-29-20-5-7-24(8-6-20)13-18-4-3-17(12-22(18)25(24)15-31-23(27)28-25)19-9-16(14-26)10-21(11-19)30-2/h3-4,9-12,20H,5-8,13,15H2,1-2H3,(H2,27,28)/i15D2. The number of fused-ring (bicyclic) bond motifs is 3. The Morgan fingerprint density at radius 1 is 1.19 bits per heavy atom. The first-order valence-corrected chi connectivity index (χ1v) is 10.6. The molecule has 0 bridgehead atoms. The van der Waals surface area contributed by atoms with Gasteiger partial charge in [-0.05, 0) is 78.6 Å². The van der Waals surface area contributed by atoms with Crippen LogP contribution in [0.3, 0.4) is 0 Å². The van der Waals surface area contributed by atoms with Gasteiger partial charge in [0, 0.05) is 12.5 Å². The van der Waals surface area contributed by atoms with Crippen molar-refractivity contribution in [2.45, 2.75) is 43.7 Å². The van der Waals surface area contributed by atoms with Crippen LogP contribution in [-0.4, -0.2) is 32.9 Å². The third-order valence-corrected chi connectivity index (χ3v) is 7.20. The van der Waals surface area contributed by atoms with E-state index in [1.54, 1.807) is 20.3 Å². The summed E-state index contributed by atoms with van der Waals surface area (Å²) in [4.78, 5) is 4.72. The number of amidine groups is 1. The van der Waals surface area contributed by atoms with Gasteiger partial charge in [0.1, 0.15) is 17.8 Å². The highest BCUT2D eigenvalue weighted by Gasteiger charge is 2.61.